The topological polar surface area (TPSA) is 79.8 Å². The standard InChI is InChI=1S/C20H25N3O3S.HI/c1-21-20(23-18-10-11-27(24,25)15-18)22-13-16-6-5-7-17(12-16)14-26-19-8-3-2-4-9-19;/h2-9,12,18H,10-11,13-15H2,1H3,(H2,21,22,23);1H. The van der Waals surface area contributed by atoms with Crippen LogP contribution in [0, 0.1) is 0 Å². The first-order chi connectivity index (χ1) is 13.0. The largest absolute Gasteiger partial charge is 0.489 e. The van der Waals surface area contributed by atoms with Gasteiger partial charge >= 0.3 is 0 Å². The zero-order valence-corrected chi connectivity index (χ0v) is 18.9. The first kappa shape index (κ1) is 22.5. The summed E-state index contributed by atoms with van der Waals surface area (Å²) in [4.78, 5) is 4.19. The van der Waals surface area contributed by atoms with E-state index in [2.05, 4.69) is 21.7 Å². The molecule has 6 nitrogen and oxygen atoms in total. The Morgan fingerprint density at radius 2 is 1.89 bits per heavy atom. The van der Waals surface area contributed by atoms with Crippen LogP contribution in [0.3, 0.4) is 0 Å². The van der Waals surface area contributed by atoms with Crippen molar-refractivity contribution in [2.45, 2.75) is 25.6 Å². The lowest BCUT2D eigenvalue weighted by molar-refractivity contribution is 0.306. The maximum Gasteiger partial charge on any atom is 0.191 e. The van der Waals surface area contributed by atoms with Gasteiger partial charge in [0.1, 0.15) is 12.4 Å². The predicted molar refractivity (Wildman–Crippen MR) is 123 cm³/mol. The van der Waals surface area contributed by atoms with Crippen LogP contribution in [0.15, 0.2) is 59.6 Å². The summed E-state index contributed by atoms with van der Waals surface area (Å²) in [6, 6.07) is 17.8. The van der Waals surface area contributed by atoms with Crippen molar-refractivity contribution in [3.63, 3.8) is 0 Å². The van der Waals surface area contributed by atoms with Gasteiger partial charge in [-0.05, 0) is 29.7 Å². The number of sulfone groups is 1. The summed E-state index contributed by atoms with van der Waals surface area (Å²) in [5.41, 5.74) is 2.19. The van der Waals surface area contributed by atoms with E-state index in [1.54, 1.807) is 7.05 Å². The number of aliphatic imine (C=N–C) groups is 1. The van der Waals surface area contributed by atoms with E-state index in [1.165, 1.54) is 0 Å². The highest BCUT2D eigenvalue weighted by molar-refractivity contribution is 14.0. The molecule has 28 heavy (non-hydrogen) atoms. The smallest absolute Gasteiger partial charge is 0.191 e. The van der Waals surface area contributed by atoms with Crippen LogP contribution in [0.25, 0.3) is 0 Å². The average Bonchev–Trinajstić information content (AvgIpc) is 3.03. The fourth-order valence-corrected chi connectivity index (χ4v) is 4.67. The van der Waals surface area contributed by atoms with Crippen molar-refractivity contribution in [2.75, 3.05) is 18.6 Å². The molecule has 0 aromatic heterocycles. The van der Waals surface area contributed by atoms with Gasteiger partial charge in [-0.2, -0.15) is 0 Å². The number of rotatable bonds is 6. The third kappa shape index (κ3) is 6.97. The molecule has 1 aliphatic rings. The van der Waals surface area contributed by atoms with Crippen molar-refractivity contribution >= 4 is 39.8 Å². The van der Waals surface area contributed by atoms with Gasteiger partial charge in [0.25, 0.3) is 0 Å². The number of guanidine groups is 1. The second-order valence-electron chi connectivity index (χ2n) is 6.59. The highest BCUT2D eigenvalue weighted by Crippen LogP contribution is 2.13. The van der Waals surface area contributed by atoms with Gasteiger partial charge in [0.15, 0.2) is 15.8 Å². The third-order valence-corrected chi connectivity index (χ3v) is 6.16. The van der Waals surface area contributed by atoms with Gasteiger partial charge in [-0.25, -0.2) is 8.42 Å². The van der Waals surface area contributed by atoms with Crippen LogP contribution in [0.1, 0.15) is 17.5 Å². The molecule has 8 heteroatoms. The SMILES string of the molecule is CN=C(NCc1cccc(COc2ccccc2)c1)NC1CCS(=O)(=O)C1.I. The van der Waals surface area contributed by atoms with Gasteiger partial charge in [-0.3, -0.25) is 4.99 Å². The molecule has 2 N–H and O–H groups in total. The summed E-state index contributed by atoms with van der Waals surface area (Å²) in [5, 5.41) is 6.43. The summed E-state index contributed by atoms with van der Waals surface area (Å²) in [6.07, 6.45) is 0.620. The minimum atomic E-state index is -2.91. The Morgan fingerprint density at radius 3 is 2.57 bits per heavy atom. The van der Waals surface area contributed by atoms with Crippen molar-refractivity contribution in [2.24, 2.45) is 4.99 Å². The van der Waals surface area contributed by atoms with Crippen LogP contribution >= 0.6 is 24.0 Å². The Bertz CT molecular complexity index is 889. The van der Waals surface area contributed by atoms with Crippen LogP contribution in [0.2, 0.25) is 0 Å². The van der Waals surface area contributed by atoms with Gasteiger partial charge in [0, 0.05) is 19.6 Å². The van der Waals surface area contributed by atoms with Crippen LogP contribution in [0.5, 0.6) is 5.75 Å². The van der Waals surface area contributed by atoms with Gasteiger partial charge in [0.05, 0.1) is 11.5 Å². The molecule has 2 aromatic rings. The van der Waals surface area contributed by atoms with E-state index in [0.29, 0.717) is 25.5 Å². The third-order valence-electron chi connectivity index (χ3n) is 4.40. The molecule has 0 radical (unpaired) electrons. The number of nitrogens with zero attached hydrogens (tertiary/aromatic N) is 1. The zero-order chi connectivity index (χ0) is 19.1. The van der Waals surface area contributed by atoms with Gasteiger partial charge in [-0.15, -0.1) is 24.0 Å². The van der Waals surface area contributed by atoms with E-state index in [0.717, 1.165) is 16.9 Å². The van der Waals surface area contributed by atoms with Gasteiger partial charge in [0.2, 0.25) is 0 Å². The van der Waals surface area contributed by atoms with Gasteiger partial charge < -0.3 is 15.4 Å². The Morgan fingerprint density at radius 1 is 1.14 bits per heavy atom. The molecule has 2 aromatic carbocycles. The van der Waals surface area contributed by atoms with E-state index in [1.807, 2.05) is 48.5 Å². The first-order valence-corrected chi connectivity index (χ1v) is 10.8. The quantitative estimate of drug-likeness (QED) is 0.352. The molecule has 0 amide bonds. The molecule has 1 fully saturated rings. The van der Waals surface area contributed by atoms with Crippen molar-refractivity contribution < 1.29 is 13.2 Å². The normalized spacial score (nSPS) is 18.2. The summed E-state index contributed by atoms with van der Waals surface area (Å²) in [6.45, 7) is 1.10. The fraction of sp³-hybridized carbons (Fsp3) is 0.350. The van der Waals surface area contributed by atoms with Crippen molar-refractivity contribution in [3.05, 3.63) is 65.7 Å². The Kier molecular flexibility index (Phi) is 8.56. The number of hydrogen-bond acceptors (Lipinski definition) is 4. The molecule has 1 saturated heterocycles. The Labute approximate surface area is 183 Å². The molecule has 0 aliphatic carbocycles. The van der Waals surface area contributed by atoms with E-state index < -0.39 is 9.84 Å². The molecule has 1 atom stereocenters. The first-order valence-electron chi connectivity index (χ1n) is 8.97. The minimum Gasteiger partial charge on any atom is -0.489 e. The highest BCUT2D eigenvalue weighted by Gasteiger charge is 2.28. The predicted octanol–water partition coefficient (Wildman–Crippen LogP) is 2.74. The summed E-state index contributed by atoms with van der Waals surface area (Å²) in [5.74, 6) is 1.87. The number of nitrogens with one attached hydrogen (secondary N) is 2. The number of benzene rings is 2. The molecule has 0 bridgehead atoms. The zero-order valence-electron chi connectivity index (χ0n) is 15.8. The van der Waals surface area contributed by atoms with E-state index in [4.69, 9.17) is 4.74 Å². The molecule has 1 unspecified atom stereocenters. The van der Waals surface area contributed by atoms with Crippen LogP contribution < -0.4 is 15.4 Å². The molecule has 0 saturated carbocycles. The van der Waals surface area contributed by atoms with Crippen molar-refractivity contribution in [3.8, 4) is 5.75 Å². The lowest BCUT2D eigenvalue weighted by atomic mass is 10.1. The Hall–Kier alpha value is -1.81. The fourth-order valence-electron chi connectivity index (χ4n) is 3.00. The average molecular weight is 515 g/mol. The molecular formula is C20H26IN3O3S. The molecule has 152 valence electrons. The monoisotopic (exact) mass is 515 g/mol. The molecule has 1 heterocycles. The minimum absolute atomic E-state index is 0. The second-order valence-corrected chi connectivity index (χ2v) is 8.82. The van der Waals surface area contributed by atoms with Crippen LogP contribution in [-0.4, -0.2) is 39.0 Å². The maximum atomic E-state index is 11.6. The van der Waals surface area contributed by atoms with E-state index >= 15 is 0 Å². The lowest BCUT2D eigenvalue weighted by Gasteiger charge is -2.16. The number of ether oxygens (including phenoxy) is 1. The lowest BCUT2D eigenvalue weighted by Crippen LogP contribution is -2.43. The second kappa shape index (κ2) is 10.7. The molecule has 0 spiro atoms. The van der Waals surface area contributed by atoms with Crippen LogP contribution in [-0.2, 0) is 23.0 Å². The van der Waals surface area contributed by atoms with Crippen molar-refractivity contribution in [1.82, 2.24) is 10.6 Å². The van der Waals surface area contributed by atoms with Crippen LogP contribution in [0.4, 0.5) is 0 Å². The number of hydrogen-bond donors (Lipinski definition) is 2. The molecular weight excluding hydrogens is 489 g/mol. The number of para-hydroxylation sites is 1. The Balaban J connectivity index is 0.00000280. The molecule has 1 aliphatic heterocycles. The van der Waals surface area contributed by atoms with Gasteiger partial charge in [-0.1, -0.05) is 42.5 Å². The summed E-state index contributed by atoms with van der Waals surface area (Å²) in [7, 11) is -1.23. The van der Waals surface area contributed by atoms with Crippen molar-refractivity contribution in [1.29, 1.82) is 0 Å². The highest BCUT2D eigenvalue weighted by atomic mass is 127. The maximum absolute atomic E-state index is 11.6. The molecule has 3 rings (SSSR count). The van der Waals surface area contributed by atoms with E-state index in [9.17, 15) is 8.42 Å². The van der Waals surface area contributed by atoms with E-state index in [-0.39, 0.29) is 41.5 Å². The number of halogens is 1. The summed E-state index contributed by atoms with van der Waals surface area (Å²) >= 11 is 0. The summed E-state index contributed by atoms with van der Waals surface area (Å²) < 4.78 is 28.9.